The lowest BCUT2D eigenvalue weighted by Gasteiger charge is -2.53. The smallest absolute Gasteiger partial charge is 0.246 e. The van der Waals surface area contributed by atoms with Crippen molar-refractivity contribution in [3.8, 4) is 0 Å². The summed E-state index contributed by atoms with van der Waals surface area (Å²) in [5, 5.41) is 2.87. The Balaban J connectivity index is 2.25. The second kappa shape index (κ2) is 4.07. The number of carbonyl (C=O) groups excluding carboxylic acids is 2. The predicted octanol–water partition coefficient (Wildman–Crippen LogP) is 1.06. The molecule has 0 aromatic heterocycles. The number of hydrogen-bond acceptors (Lipinski definition) is 2. The highest BCUT2D eigenvalue weighted by Gasteiger charge is 2.55. The number of carbonyl (C=O) groups is 2. The Bertz CT molecular complexity index is 310. The molecule has 1 saturated heterocycles. The average Bonchev–Trinajstić information content (AvgIpc) is 2.21. The number of piperazine rings is 1. The Hall–Kier alpha value is -1.06. The van der Waals surface area contributed by atoms with Gasteiger partial charge in [0.1, 0.15) is 11.6 Å². The molecule has 1 aliphatic carbocycles. The number of nitrogens with one attached hydrogen (secondary N) is 1. The minimum atomic E-state index is -0.487. The van der Waals surface area contributed by atoms with Gasteiger partial charge in [-0.05, 0) is 32.1 Å². The Morgan fingerprint density at radius 2 is 2.06 bits per heavy atom. The van der Waals surface area contributed by atoms with Gasteiger partial charge in [-0.25, -0.2) is 0 Å². The molecule has 2 rings (SSSR count). The van der Waals surface area contributed by atoms with Gasteiger partial charge in [-0.3, -0.25) is 9.59 Å². The van der Waals surface area contributed by atoms with E-state index in [-0.39, 0.29) is 17.9 Å². The largest absolute Gasteiger partial charge is 0.342 e. The standard InChI is InChI=1S/C12H20N2O2/c1-3-8-14-10(15)9(4-2)13-11(16)12(14)6-5-7-12/h9H,3-8H2,1-2H3,(H,13,16)/t9-/m0/s1. The van der Waals surface area contributed by atoms with Crippen LogP contribution >= 0.6 is 0 Å². The maximum absolute atomic E-state index is 12.2. The van der Waals surface area contributed by atoms with Crippen molar-refractivity contribution in [2.24, 2.45) is 0 Å². The van der Waals surface area contributed by atoms with E-state index in [0.29, 0.717) is 13.0 Å². The van der Waals surface area contributed by atoms with Gasteiger partial charge in [0, 0.05) is 6.54 Å². The normalized spacial score (nSPS) is 27.9. The van der Waals surface area contributed by atoms with Crippen molar-refractivity contribution in [1.29, 1.82) is 0 Å². The van der Waals surface area contributed by atoms with Crippen molar-refractivity contribution in [3.05, 3.63) is 0 Å². The van der Waals surface area contributed by atoms with E-state index >= 15 is 0 Å². The van der Waals surface area contributed by atoms with Crippen LogP contribution in [0.1, 0.15) is 46.0 Å². The summed E-state index contributed by atoms with van der Waals surface area (Å²) in [6.07, 6.45) is 4.32. The molecular formula is C12H20N2O2. The summed E-state index contributed by atoms with van der Waals surface area (Å²) in [6.45, 7) is 4.70. The summed E-state index contributed by atoms with van der Waals surface area (Å²) >= 11 is 0. The van der Waals surface area contributed by atoms with E-state index in [1.165, 1.54) is 0 Å². The van der Waals surface area contributed by atoms with Crippen molar-refractivity contribution in [1.82, 2.24) is 10.2 Å². The molecule has 2 aliphatic rings. The van der Waals surface area contributed by atoms with Crippen LogP contribution in [0.3, 0.4) is 0 Å². The quantitative estimate of drug-likeness (QED) is 0.779. The molecule has 0 bridgehead atoms. The number of amides is 2. The zero-order valence-electron chi connectivity index (χ0n) is 10.1. The van der Waals surface area contributed by atoms with Crippen LogP contribution in [0.2, 0.25) is 0 Å². The van der Waals surface area contributed by atoms with E-state index in [4.69, 9.17) is 0 Å². The van der Waals surface area contributed by atoms with Crippen LogP contribution in [-0.2, 0) is 9.59 Å². The van der Waals surface area contributed by atoms with Crippen LogP contribution in [0.25, 0.3) is 0 Å². The van der Waals surface area contributed by atoms with Gasteiger partial charge in [0.15, 0.2) is 0 Å². The van der Waals surface area contributed by atoms with E-state index in [1.54, 1.807) is 0 Å². The van der Waals surface area contributed by atoms with Crippen molar-refractivity contribution in [3.63, 3.8) is 0 Å². The van der Waals surface area contributed by atoms with Crippen LogP contribution in [0, 0.1) is 0 Å². The first-order chi connectivity index (χ1) is 7.65. The molecule has 2 fully saturated rings. The molecule has 0 aromatic rings. The molecule has 90 valence electrons. The number of hydrogen-bond donors (Lipinski definition) is 1. The molecule has 1 N–H and O–H groups in total. The SMILES string of the molecule is CCCN1C(=O)[C@H](CC)NC(=O)C12CCC2. The number of nitrogens with zero attached hydrogens (tertiary/aromatic N) is 1. The Kier molecular flexibility index (Phi) is 2.91. The fourth-order valence-corrected chi connectivity index (χ4v) is 2.71. The molecule has 1 heterocycles. The summed E-state index contributed by atoms with van der Waals surface area (Å²) in [6, 6.07) is -0.301. The Labute approximate surface area is 96.4 Å². The maximum Gasteiger partial charge on any atom is 0.246 e. The van der Waals surface area contributed by atoms with Gasteiger partial charge in [0.25, 0.3) is 0 Å². The zero-order chi connectivity index (χ0) is 11.8. The average molecular weight is 224 g/mol. The molecule has 1 aliphatic heterocycles. The highest BCUT2D eigenvalue weighted by molar-refractivity contribution is 6.00. The van der Waals surface area contributed by atoms with Gasteiger partial charge in [-0.1, -0.05) is 13.8 Å². The van der Waals surface area contributed by atoms with E-state index in [2.05, 4.69) is 5.32 Å². The topological polar surface area (TPSA) is 49.4 Å². The summed E-state index contributed by atoms with van der Waals surface area (Å²) in [5.74, 6) is 0.183. The summed E-state index contributed by atoms with van der Waals surface area (Å²) in [7, 11) is 0. The third kappa shape index (κ3) is 1.43. The lowest BCUT2D eigenvalue weighted by molar-refractivity contribution is -0.163. The maximum atomic E-state index is 12.2. The monoisotopic (exact) mass is 224 g/mol. The van der Waals surface area contributed by atoms with Crippen LogP contribution in [0.5, 0.6) is 0 Å². The molecule has 4 nitrogen and oxygen atoms in total. The molecule has 1 spiro atoms. The first-order valence-electron chi connectivity index (χ1n) is 6.28. The minimum Gasteiger partial charge on any atom is -0.342 e. The lowest BCUT2D eigenvalue weighted by Crippen LogP contribution is -2.73. The first-order valence-corrected chi connectivity index (χ1v) is 6.28. The molecule has 0 unspecified atom stereocenters. The fraction of sp³-hybridized carbons (Fsp3) is 0.833. The van der Waals surface area contributed by atoms with Gasteiger partial charge in [0.05, 0.1) is 0 Å². The van der Waals surface area contributed by atoms with Gasteiger partial charge >= 0.3 is 0 Å². The van der Waals surface area contributed by atoms with Gasteiger partial charge in [-0.2, -0.15) is 0 Å². The molecule has 1 atom stereocenters. The van der Waals surface area contributed by atoms with Gasteiger partial charge in [0.2, 0.25) is 11.8 Å². The Morgan fingerprint density at radius 1 is 1.38 bits per heavy atom. The van der Waals surface area contributed by atoms with Crippen molar-refractivity contribution in [2.45, 2.75) is 57.5 Å². The van der Waals surface area contributed by atoms with Crippen molar-refractivity contribution < 1.29 is 9.59 Å². The zero-order valence-corrected chi connectivity index (χ0v) is 10.1. The summed E-state index contributed by atoms with van der Waals surface area (Å²) in [5.41, 5.74) is -0.487. The van der Waals surface area contributed by atoms with Crippen LogP contribution in [0.15, 0.2) is 0 Å². The Morgan fingerprint density at radius 3 is 2.50 bits per heavy atom. The summed E-state index contributed by atoms with van der Waals surface area (Å²) < 4.78 is 0. The predicted molar refractivity (Wildman–Crippen MR) is 60.8 cm³/mol. The van der Waals surface area contributed by atoms with E-state index in [0.717, 1.165) is 25.7 Å². The molecule has 4 heteroatoms. The van der Waals surface area contributed by atoms with E-state index in [9.17, 15) is 9.59 Å². The molecule has 1 saturated carbocycles. The second-order valence-corrected chi connectivity index (χ2v) is 4.81. The third-order valence-electron chi connectivity index (χ3n) is 3.84. The molecule has 2 amide bonds. The van der Waals surface area contributed by atoms with Crippen molar-refractivity contribution >= 4 is 11.8 Å². The van der Waals surface area contributed by atoms with E-state index in [1.807, 2.05) is 18.7 Å². The highest BCUT2D eigenvalue weighted by atomic mass is 16.2. The minimum absolute atomic E-state index is 0.0682. The lowest BCUT2D eigenvalue weighted by atomic mass is 9.72. The molecule has 0 aromatic carbocycles. The van der Waals surface area contributed by atoms with E-state index < -0.39 is 5.54 Å². The molecular weight excluding hydrogens is 204 g/mol. The fourth-order valence-electron chi connectivity index (χ4n) is 2.71. The molecule has 0 radical (unpaired) electrons. The highest BCUT2D eigenvalue weighted by Crippen LogP contribution is 2.40. The van der Waals surface area contributed by atoms with Gasteiger partial charge in [-0.15, -0.1) is 0 Å². The van der Waals surface area contributed by atoms with Crippen LogP contribution in [-0.4, -0.2) is 34.8 Å². The van der Waals surface area contributed by atoms with Crippen LogP contribution in [0.4, 0.5) is 0 Å². The second-order valence-electron chi connectivity index (χ2n) is 4.81. The summed E-state index contributed by atoms with van der Waals surface area (Å²) in [4.78, 5) is 26.1. The van der Waals surface area contributed by atoms with Gasteiger partial charge < -0.3 is 10.2 Å². The molecule has 16 heavy (non-hydrogen) atoms. The number of rotatable bonds is 3. The van der Waals surface area contributed by atoms with Crippen LogP contribution < -0.4 is 5.32 Å². The third-order valence-corrected chi connectivity index (χ3v) is 3.84. The first kappa shape index (κ1) is 11.4. The van der Waals surface area contributed by atoms with Crippen molar-refractivity contribution in [2.75, 3.05) is 6.54 Å².